The molecule has 0 saturated carbocycles. The molecule has 1 heterocycles. The molecule has 33 heavy (non-hydrogen) atoms. The van der Waals surface area contributed by atoms with Gasteiger partial charge in [-0.05, 0) is 54.6 Å². The van der Waals surface area contributed by atoms with Gasteiger partial charge in [0.1, 0.15) is 17.2 Å². The molecule has 1 N–H and O–H groups in total. The Morgan fingerprint density at radius 2 is 1.61 bits per heavy atom. The molecule has 0 radical (unpaired) electrons. The van der Waals surface area contributed by atoms with Crippen LogP contribution in [0.25, 0.3) is 11.3 Å². The lowest BCUT2D eigenvalue weighted by atomic mass is 10.1. The zero-order valence-electron chi connectivity index (χ0n) is 18.1. The van der Waals surface area contributed by atoms with Crippen molar-refractivity contribution in [2.24, 2.45) is 0 Å². The van der Waals surface area contributed by atoms with Crippen LogP contribution in [0.1, 0.15) is 10.4 Å². The number of methoxy groups -OCH3 is 1. The quantitative estimate of drug-likeness (QED) is 0.444. The Labute approximate surface area is 191 Å². The lowest BCUT2D eigenvalue weighted by Crippen LogP contribution is -2.32. The molecule has 0 aliphatic heterocycles. The van der Waals surface area contributed by atoms with Crippen molar-refractivity contribution in [2.45, 2.75) is 6.54 Å². The summed E-state index contributed by atoms with van der Waals surface area (Å²) < 4.78 is 12.4. The predicted octanol–water partition coefficient (Wildman–Crippen LogP) is 4.14. The number of carbonyl (C=O) groups is 1. The van der Waals surface area contributed by atoms with E-state index in [-0.39, 0.29) is 24.6 Å². The first-order chi connectivity index (χ1) is 16.1. The van der Waals surface area contributed by atoms with Crippen LogP contribution >= 0.6 is 0 Å². The second-order valence-electron chi connectivity index (χ2n) is 7.18. The largest absolute Gasteiger partial charge is 0.497 e. The summed E-state index contributed by atoms with van der Waals surface area (Å²) in [4.78, 5) is 25.0. The molecule has 4 rings (SSSR count). The zero-order chi connectivity index (χ0) is 23.0. The fourth-order valence-electron chi connectivity index (χ4n) is 3.25. The molecule has 0 bridgehead atoms. The number of nitrogens with zero attached hydrogens (tertiary/aromatic N) is 2. The van der Waals surface area contributed by atoms with Gasteiger partial charge in [0.15, 0.2) is 0 Å². The number of carbonyl (C=O) groups excluding carboxylic acids is 1. The molecule has 1 aromatic heterocycles. The summed E-state index contributed by atoms with van der Waals surface area (Å²) >= 11 is 0. The van der Waals surface area contributed by atoms with Gasteiger partial charge in [-0.15, -0.1) is 0 Å². The van der Waals surface area contributed by atoms with E-state index in [0.717, 1.165) is 11.3 Å². The normalized spacial score (nSPS) is 10.5. The summed E-state index contributed by atoms with van der Waals surface area (Å²) in [6.45, 7) is 0.466. The molecule has 0 aliphatic rings. The maximum Gasteiger partial charge on any atom is 0.266 e. The van der Waals surface area contributed by atoms with Crippen molar-refractivity contribution in [3.8, 4) is 28.5 Å². The first-order valence-electron chi connectivity index (χ1n) is 10.5. The summed E-state index contributed by atoms with van der Waals surface area (Å²) in [5.41, 5.74) is 1.69. The fraction of sp³-hybridized carbons (Fsp3) is 0.115. The van der Waals surface area contributed by atoms with Crippen molar-refractivity contribution in [1.29, 1.82) is 0 Å². The summed E-state index contributed by atoms with van der Waals surface area (Å²) in [7, 11) is 1.61. The van der Waals surface area contributed by atoms with Gasteiger partial charge < -0.3 is 14.8 Å². The lowest BCUT2D eigenvalue weighted by molar-refractivity contribution is 0.0949. The highest BCUT2D eigenvalue weighted by molar-refractivity contribution is 5.97. The van der Waals surface area contributed by atoms with Crippen molar-refractivity contribution in [3.63, 3.8) is 0 Å². The summed E-state index contributed by atoms with van der Waals surface area (Å²) in [5.74, 6) is 1.55. The van der Waals surface area contributed by atoms with E-state index in [1.807, 2.05) is 60.7 Å². The number of ether oxygens (including phenoxy) is 2. The molecular formula is C26H23N3O4. The van der Waals surface area contributed by atoms with Gasteiger partial charge in [-0.25, -0.2) is 4.68 Å². The molecule has 166 valence electrons. The third-order valence-corrected chi connectivity index (χ3v) is 4.96. The number of nitrogens with one attached hydrogen (secondary N) is 1. The molecule has 0 unspecified atom stereocenters. The van der Waals surface area contributed by atoms with Crippen LogP contribution in [0.5, 0.6) is 17.2 Å². The minimum Gasteiger partial charge on any atom is -0.497 e. The van der Waals surface area contributed by atoms with Gasteiger partial charge in [0.2, 0.25) is 0 Å². The topological polar surface area (TPSA) is 82.5 Å². The Bertz CT molecular complexity index is 1280. The van der Waals surface area contributed by atoms with Crippen LogP contribution in [0.3, 0.4) is 0 Å². The number of benzene rings is 3. The van der Waals surface area contributed by atoms with Crippen molar-refractivity contribution >= 4 is 5.91 Å². The van der Waals surface area contributed by atoms with Crippen molar-refractivity contribution in [2.75, 3.05) is 13.7 Å². The summed E-state index contributed by atoms with van der Waals surface area (Å²) in [6, 6.07) is 26.9. The predicted molar refractivity (Wildman–Crippen MR) is 126 cm³/mol. The van der Waals surface area contributed by atoms with Gasteiger partial charge in [0.05, 0.1) is 24.9 Å². The van der Waals surface area contributed by atoms with Gasteiger partial charge in [-0.2, -0.15) is 5.10 Å². The maximum atomic E-state index is 12.8. The van der Waals surface area contributed by atoms with Crippen LogP contribution in [0.4, 0.5) is 0 Å². The molecule has 3 aromatic carbocycles. The van der Waals surface area contributed by atoms with Crippen molar-refractivity contribution in [3.05, 3.63) is 107 Å². The molecule has 0 fully saturated rings. The van der Waals surface area contributed by atoms with Gasteiger partial charge in [0.25, 0.3) is 11.5 Å². The van der Waals surface area contributed by atoms with E-state index in [1.54, 1.807) is 31.4 Å². The monoisotopic (exact) mass is 441 g/mol. The first-order valence-corrected chi connectivity index (χ1v) is 10.5. The Morgan fingerprint density at radius 1 is 0.879 bits per heavy atom. The van der Waals surface area contributed by atoms with Crippen LogP contribution in [-0.2, 0) is 6.54 Å². The minimum absolute atomic E-state index is 0.232. The Morgan fingerprint density at radius 3 is 2.36 bits per heavy atom. The number of hydrogen-bond donors (Lipinski definition) is 1. The highest BCUT2D eigenvalue weighted by Crippen LogP contribution is 2.25. The fourth-order valence-corrected chi connectivity index (χ4v) is 3.25. The van der Waals surface area contributed by atoms with E-state index in [2.05, 4.69) is 10.4 Å². The number of para-hydroxylation sites is 2. The van der Waals surface area contributed by atoms with Gasteiger partial charge >= 0.3 is 0 Å². The van der Waals surface area contributed by atoms with E-state index >= 15 is 0 Å². The van der Waals surface area contributed by atoms with E-state index in [4.69, 9.17) is 9.47 Å². The highest BCUT2D eigenvalue weighted by atomic mass is 16.5. The molecule has 0 aliphatic carbocycles. The number of aromatic nitrogens is 2. The second kappa shape index (κ2) is 10.3. The average Bonchev–Trinajstić information content (AvgIpc) is 2.86. The SMILES string of the molecule is COc1ccc(-c2ccc(=O)n(CCNC(=O)c3ccccc3Oc3ccccc3)n2)cc1. The Hall–Kier alpha value is -4.39. The van der Waals surface area contributed by atoms with Gasteiger partial charge in [0, 0.05) is 18.2 Å². The van der Waals surface area contributed by atoms with Crippen LogP contribution in [-0.4, -0.2) is 29.3 Å². The Balaban J connectivity index is 1.42. The number of hydrogen-bond acceptors (Lipinski definition) is 5. The maximum absolute atomic E-state index is 12.8. The summed E-state index contributed by atoms with van der Waals surface area (Å²) in [6.07, 6.45) is 0. The van der Waals surface area contributed by atoms with Gasteiger partial charge in [-0.3, -0.25) is 9.59 Å². The van der Waals surface area contributed by atoms with E-state index in [9.17, 15) is 9.59 Å². The Kier molecular flexibility index (Phi) is 6.80. The molecule has 7 nitrogen and oxygen atoms in total. The second-order valence-corrected chi connectivity index (χ2v) is 7.18. The first kappa shape index (κ1) is 21.8. The van der Waals surface area contributed by atoms with Crippen LogP contribution in [0.15, 0.2) is 95.8 Å². The molecule has 0 atom stereocenters. The number of amides is 1. The molecule has 4 aromatic rings. The van der Waals surface area contributed by atoms with Crippen LogP contribution in [0.2, 0.25) is 0 Å². The van der Waals surface area contributed by atoms with E-state index in [1.165, 1.54) is 10.7 Å². The van der Waals surface area contributed by atoms with Crippen molar-refractivity contribution in [1.82, 2.24) is 15.1 Å². The molecule has 1 amide bonds. The van der Waals surface area contributed by atoms with Gasteiger partial charge in [-0.1, -0.05) is 30.3 Å². The average molecular weight is 441 g/mol. The van der Waals surface area contributed by atoms with Crippen LogP contribution < -0.4 is 20.3 Å². The smallest absolute Gasteiger partial charge is 0.266 e. The minimum atomic E-state index is -0.291. The molecule has 7 heteroatoms. The van der Waals surface area contributed by atoms with E-state index in [0.29, 0.717) is 22.8 Å². The zero-order valence-corrected chi connectivity index (χ0v) is 18.1. The molecule has 0 spiro atoms. The van der Waals surface area contributed by atoms with E-state index < -0.39 is 0 Å². The number of rotatable bonds is 8. The lowest BCUT2D eigenvalue weighted by Gasteiger charge is -2.12. The van der Waals surface area contributed by atoms with Crippen LogP contribution in [0, 0.1) is 0 Å². The molecule has 0 saturated heterocycles. The highest BCUT2D eigenvalue weighted by Gasteiger charge is 2.13. The third kappa shape index (κ3) is 5.46. The summed E-state index contributed by atoms with van der Waals surface area (Å²) in [5, 5.41) is 7.27. The standard InChI is InChI=1S/C26H23N3O4/c1-32-20-13-11-19(12-14-20)23-15-16-25(30)29(28-23)18-17-27-26(31)22-9-5-6-10-24(22)33-21-7-3-2-4-8-21/h2-16H,17-18H2,1H3,(H,27,31). The third-order valence-electron chi connectivity index (χ3n) is 4.96. The molecular weight excluding hydrogens is 418 g/mol. The van der Waals surface area contributed by atoms with Crippen molar-refractivity contribution < 1.29 is 14.3 Å².